The molecule has 2 aromatic carbocycles. The van der Waals surface area contributed by atoms with Gasteiger partial charge >= 0.3 is 6.09 Å². The molecule has 2 amide bonds. The average Bonchev–Trinajstić information content (AvgIpc) is 3.28. The highest BCUT2D eigenvalue weighted by Gasteiger charge is 2.40. The average molecular weight is 467 g/mol. The zero-order valence-corrected chi connectivity index (χ0v) is 19.9. The van der Waals surface area contributed by atoms with E-state index in [4.69, 9.17) is 9.47 Å². The van der Waals surface area contributed by atoms with Crippen molar-refractivity contribution in [2.45, 2.75) is 44.1 Å². The van der Waals surface area contributed by atoms with Gasteiger partial charge in [0.1, 0.15) is 11.9 Å². The van der Waals surface area contributed by atoms with Crippen LogP contribution in [-0.4, -0.2) is 38.3 Å². The van der Waals surface area contributed by atoms with Crippen LogP contribution in [-0.2, 0) is 10.2 Å². The molecule has 1 aromatic heterocycles. The van der Waals surface area contributed by atoms with Gasteiger partial charge < -0.3 is 20.1 Å². The van der Waals surface area contributed by atoms with Crippen LogP contribution in [0, 0.1) is 0 Å². The highest BCUT2D eigenvalue weighted by molar-refractivity contribution is 7.17. The van der Waals surface area contributed by atoms with E-state index in [2.05, 4.69) is 40.3 Å². The van der Waals surface area contributed by atoms with Crippen LogP contribution >= 0.6 is 11.3 Å². The molecule has 2 N–H and O–H groups in total. The van der Waals surface area contributed by atoms with Crippen molar-refractivity contribution < 1.29 is 19.1 Å². The summed E-state index contributed by atoms with van der Waals surface area (Å²) in [6.07, 6.45) is 2.69. The van der Waals surface area contributed by atoms with E-state index < -0.39 is 0 Å². The highest BCUT2D eigenvalue weighted by Crippen LogP contribution is 2.44. The second-order valence-electron chi connectivity index (χ2n) is 8.44. The molecule has 0 bridgehead atoms. The molecule has 0 atom stereocenters. The summed E-state index contributed by atoms with van der Waals surface area (Å²) in [5, 5.41) is 9.35. The number of amides is 2. The van der Waals surface area contributed by atoms with E-state index in [0.717, 1.165) is 25.7 Å². The molecule has 7 heteroatoms. The SMILES string of the molecule is CCNC(=O)OC1CCC(CNC(=O)c2ccccc2OC)(c2csc3ccccc23)CC1. The number of fused-ring (bicyclic) bond motifs is 1. The van der Waals surface area contributed by atoms with Crippen molar-refractivity contribution in [2.24, 2.45) is 0 Å². The minimum Gasteiger partial charge on any atom is -0.496 e. The van der Waals surface area contributed by atoms with E-state index in [-0.39, 0.29) is 23.5 Å². The van der Waals surface area contributed by atoms with Crippen molar-refractivity contribution in [3.63, 3.8) is 0 Å². The summed E-state index contributed by atoms with van der Waals surface area (Å²) in [6, 6.07) is 15.7. The van der Waals surface area contributed by atoms with Crippen molar-refractivity contribution in [3.8, 4) is 5.75 Å². The lowest BCUT2D eigenvalue weighted by Gasteiger charge is -2.40. The van der Waals surface area contributed by atoms with Crippen molar-refractivity contribution in [3.05, 3.63) is 65.0 Å². The van der Waals surface area contributed by atoms with E-state index >= 15 is 0 Å². The molecule has 1 heterocycles. The molecule has 174 valence electrons. The summed E-state index contributed by atoms with van der Waals surface area (Å²) in [7, 11) is 1.57. The number of alkyl carbamates (subject to hydrolysis) is 1. The quantitative estimate of drug-likeness (QED) is 0.498. The number of nitrogens with one attached hydrogen (secondary N) is 2. The molecule has 1 aliphatic carbocycles. The predicted octanol–water partition coefficient (Wildman–Crippen LogP) is 5.27. The largest absolute Gasteiger partial charge is 0.496 e. The molecule has 0 spiro atoms. The lowest BCUT2D eigenvalue weighted by molar-refractivity contribution is 0.0570. The van der Waals surface area contributed by atoms with Gasteiger partial charge in [-0.3, -0.25) is 4.79 Å². The van der Waals surface area contributed by atoms with E-state index in [1.807, 2.05) is 19.1 Å². The van der Waals surface area contributed by atoms with E-state index in [1.54, 1.807) is 30.6 Å². The number of hydrogen-bond donors (Lipinski definition) is 2. The first-order valence-corrected chi connectivity index (χ1v) is 12.3. The third-order valence-corrected chi connectivity index (χ3v) is 7.44. The van der Waals surface area contributed by atoms with Crippen LogP contribution in [0.1, 0.15) is 48.5 Å². The summed E-state index contributed by atoms with van der Waals surface area (Å²) < 4.78 is 12.2. The van der Waals surface area contributed by atoms with Gasteiger partial charge in [0, 0.05) is 23.2 Å². The van der Waals surface area contributed by atoms with Gasteiger partial charge in [0.15, 0.2) is 0 Å². The number of thiophene rings is 1. The molecule has 0 radical (unpaired) electrons. The summed E-state index contributed by atoms with van der Waals surface area (Å²) >= 11 is 1.73. The number of carbonyl (C=O) groups excluding carboxylic acids is 2. The highest BCUT2D eigenvalue weighted by atomic mass is 32.1. The van der Waals surface area contributed by atoms with Crippen LogP contribution in [0.25, 0.3) is 10.1 Å². The summed E-state index contributed by atoms with van der Waals surface area (Å²) in [5.74, 6) is 0.413. The monoisotopic (exact) mass is 466 g/mol. The van der Waals surface area contributed by atoms with Gasteiger partial charge in [-0.1, -0.05) is 30.3 Å². The lowest BCUT2D eigenvalue weighted by Crippen LogP contribution is -2.45. The fraction of sp³-hybridized carbons (Fsp3) is 0.385. The molecular formula is C26H30N2O4S. The zero-order chi connectivity index (χ0) is 23.3. The maximum Gasteiger partial charge on any atom is 0.407 e. The van der Waals surface area contributed by atoms with Gasteiger partial charge in [0.2, 0.25) is 0 Å². The first-order valence-electron chi connectivity index (χ1n) is 11.4. The Labute approximate surface area is 198 Å². The lowest BCUT2D eigenvalue weighted by atomic mass is 9.68. The minimum atomic E-state index is -0.361. The van der Waals surface area contributed by atoms with Crippen molar-refractivity contribution in [1.82, 2.24) is 10.6 Å². The molecule has 1 aliphatic rings. The predicted molar refractivity (Wildman–Crippen MR) is 131 cm³/mol. The smallest absolute Gasteiger partial charge is 0.407 e. The van der Waals surface area contributed by atoms with Crippen LogP contribution in [0.2, 0.25) is 0 Å². The van der Waals surface area contributed by atoms with E-state index in [0.29, 0.717) is 24.4 Å². The summed E-state index contributed by atoms with van der Waals surface area (Å²) in [6.45, 7) is 2.93. The first-order chi connectivity index (χ1) is 16.1. The standard InChI is InChI=1S/C26H30N2O4S/c1-3-27-25(30)32-18-12-14-26(15-13-18,21-16-33-23-11-7-5-8-19(21)23)17-28-24(29)20-9-4-6-10-22(20)31-2/h4-11,16,18H,3,12-15,17H2,1-2H3,(H,27,30)(H,28,29). The topological polar surface area (TPSA) is 76.7 Å². The second kappa shape index (κ2) is 10.3. The Morgan fingerprint density at radius 2 is 1.79 bits per heavy atom. The number of para-hydroxylation sites is 1. The number of carbonyl (C=O) groups is 2. The number of ether oxygens (including phenoxy) is 2. The van der Waals surface area contributed by atoms with Crippen LogP contribution in [0.15, 0.2) is 53.9 Å². The molecule has 0 aliphatic heterocycles. The van der Waals surface area contributed by atoms with Gasteiger partial charge in [0.05, 0.1) is 12.7 Å². The minimum absolute atomic E-state index is 0.112. The normalized spacial score (nSPS) is 20.2. The molecule has 33 heavy (non-hydrogen) atoms. The maximum atomic E-state index is 13.1. The molecular weight excluding hydrogens is 436 g/mol. The number of hydrogen-bond acceptors (Lipinski definition) is 5. The fourth-order valence-corrected chi connectivity index (χ4v) is 5.79. The number of methoxy groups -OCH3 is 1. The summed E-state index contributed by atoms with van der Waals surface area (Å²) in [4.78, 5) is 25.0. The fourth-order valence-electron chi connectivity index (χ4n) is 4.71. The van der Waals surface area contributed by atoms with Crippen LogP contribution in [0.3, 0.4) is 0 Å². The van der Waals surface area contributed by atoms with Crippen molar-refractivity contribution in [1.29, 1.82) is 0 Å². The molecule has 0 unspecified atom stereocenters. The Morgan fingerprint density at radius 3 is 2.55 bits per heavy atom. The third-order valence-electron chi connectivity index (χ3n) is 6.48. The van der Waals surface area contributed by atoms with Gasteiger partial charge in [0.25, 0.3) is 5.91 Å². The molecule has 3 aromatic rings. The van der Waals surface area contributed by atoms with Gasteiger partial charge in [-0.25, -0.2) is 4.79 Å². The Hall–Kier alpha value is -3.06. The van der Waals surface area contributed by atoms with Crippen LogP contribution in [0.4, 0.5) is 4.79 Å². The van der Waals surface area contributed by atoms with Crippen molar-refractivity contribution >= 4 is 33.4 Å². The van der Waals surface area contributed by atoms with E-state index in [9.17, 15) is 9.59 Å². The van der Waals surface area contributed by atoms with Crippen LogP contribution < -0.4 is 15.4 Å². The molecule has 0 saturated heterocycles. The Bertz CT molecular complexity index is 1120. The summed E-state index contributed by atoms with van der Waals surface area (Å²) in [5.41, 5.74) is 1.57. The molecule has 6 nitrogen and oxygen atoms in total. The molecule has 4 rings (SSSR count). The van der Waals surface area contributed by atoms with E-state index in [1.165, 1.54) is 15.6 Å². The Morgan fingerprint density at radius 1 is 1.06 bits per heavy atom. The zero-order valence-electron chi connectivity index (χ0n) is 19.1. The Kier molecular flexibility index (Phi) is 7.18. The maximum absolute atomic E-state index is 13.1. The third kappa shape index (κ3) is 4.98. The van der Waals surface area contributed by atoms with Crippen LogP contribution in [0.5, 0.6) is 5.75 Å². The first kappa shape index (κ1) is 23.1. The Balaban J connectivity index is 1.57. The number of benzene rings is 2. The van der Waals surface area contributed by atoms with Gasteiger partial charge in [-0.2, -0.15) is 0 Å². The second-order valence-corrected chi connectivity index (χ2v) is 9.36. The van der Waals surface area contributed by atoms with Gasteiger partial charge in [-0.05, 0) is 67.1 Å². The number of rotatable bonds is 7. The van der Waals surface area contributed by atoms with Gasteiger partial charge in [-0.15, -0.1) is 11.3 Å². The molecule has 1 saturated carbocycles. The molecule has 1 fully saturated rings. The van der Waals surface area contributed by atoms with Crippen molar-refractivity contribution in [2.75, 3.05) is 20.2 Å².